The van der Waals surface area contributed by atoms with Crippen molar-refractivity contribution < 1.29 is 9.53 Å². The highest BCUT2D eigenvalue weighted by molar-refractivity contribution is 6.21. The minimum absolute atomic E-state index is 0.0177. The fourth-order valence-corrected chi connectivity index (χ4v) is 2.38. The third-order valence-corrected chi connectivity index (χ3v) is 3.45. The number of ether oxygens (including phenoxy) is 1. The largest absolute Gasteiger partial charge is 0.378 e. The molecule has 0 saturated carbocycles. The molecule has 0 aliphatic carbocycles. The van der Waals surface area contributed by atoms with Crippen LogP contribution in [0.3, 0.4) is 0 Å². The first-order valence-corrected chi connectivity index (χ1v) is 6.67. The van der Waals surface area contributed by atoms with Crippen LogP contribution in [0.5, 0.6) is 0 Å². The second-order valence-electron chi connectivity index (χ2n) is 4.77. The van der Waals surface area contributed by atoms with Gasteiger partial charge in [0, 0.05) is 5.69 Å². The Hall–Kier alpha value is -1.06. The van der Waals surface area contributed by atoms with E-state index in [0.717, 1.165) is 17.7 Å². The van der Waals surface area contributed by atoms with Crippen molar-refractivity contribution in [3.05, 3.63) is 29.8 Å². The van der Waals surface area contributed by atoms with Crippen molar-refractivity contribution in [2.24, 2.45) is 5.92 Å². The summed E-state index contributed by atoms with van der Waals surface area (Å²) >= 11 is 6.10. The number of halogens is 1. The van der Waals surface area contributed by atoms with Gasteiger partial charge in [-0.2, -0.15) is 0 Å². The van der Waals surface area contributed by atoms with Gasteiger partial charge >= 0.3 is 0 Å². The Morgan fingerprint density at radius 1 is 1.50 bits per heavy atom. The first-order valence-electron chi connectivity index (χ1n) is 6.23. The lowest BCUT2D eigenvalue weighted by molar-refractivity contribution is -0.119. The van der Waals surface area contributed by atoms with Crippen LogP contribution in [-0.4, -0.2) is 18.6 Å². The number of rotatable bonds is 3. The van der Waals surface area contributed by atoms with Crippen molar-refractivity contribution >= 4 is 23.2 Å². The number of alkyl halides is 1. The van der Waals surface area contributed by atoms with Crippen LogP contribution >= 0.6 is 11.6 Å². The summed E-state index contributed by atoms with van der Waals surface area (Å²) in [5.41, 5.74) is 1.74. The summed E-state index contributed by atoms with van der Waals surface area (Å²) in [6.45, 7) is 4.39. The lowest BCUT2D eigenvalue weighted by atomic mass is 10.0. The number of benzene rings is 1. The molecule has 4 heteroatoms. The minimum atomic E-state index is -0.125. The smallest absolute Gasteiger partial charge is 0.229 e. The Labute approximate surface area is 112 Å². The van der Waals surface area contributed by atoms with E-state index >= 15 is 0 Å². The molecule has 1 aromatic carbocycles. The molecule has 3 atom stereocenters. The maximum atomic E-state index is 12.1. The summed E-state index contributed by atoms with van der Waals surface area (Å²) in [5, 5.41) is 2.83. The fourth-order valence-electron chi connectivity index (χ4n) is 2.19. The van der Waals surface area contributed by atoms with Crippen LogP contribution in [0, 0.1) is 5.92 Å². The van der Waals surface area contributed by atoms with Gasteiger partial charge in [0.15, 0.2) is 0 Å². The average molecular weight is 268 g/mol. The molecule has 3 nitrogen and oxygen atoms in total. The van der Waals surface area contributed by atoms with Crippen LogP contribution in [0.25, 0.3) is 0 Å². The summed E-state index contributed by atoms with van der Waals surface area (Å²) in [4.78, 5) is 12.1. The van der Waals surface area contributed by atoms with E-state index < -0.39 is 0 Å². The number of para-hydroxylation sites is 1. The summed E-state index contributed by atoms with van der Waals surface area (Å²) in [5.74, 6) is -0.0391. The van der Waals surface area contributed by atoms with Gasteiger partial charge in [-0.25, -0.2) is 0 Å². The van der Waals surface area contributed by atoms with Gasteiger partial charge in [-0.15, -0.1) is 11.6 Å². The lowest BCUT2D eigenvalue weighted by Crippen LogP contribution is -2.23. The lowest BCUT2D eigenvalue weighted by Gasteiger charge is -2.14. The number of nitrogens with one attached hydrogen (secondary N) is 1. The number of anilines is 1. The Morgan fingerprint density at radius 2 is 2.22 bits per heavy atom. The van der Waals surface area contributed by atoms with E-state index in [1.165, 1.54) is 0 Å². The molecule has 0 bridgehead atoms. The van der Waals surface area contributed by atoms with Crippen LogP contribution in [0.1, 0.15) is 31.2 Å². The van der Waals surface area contributed by atoms with Crippen LogP contribution in [0.15, 0.2) is 24.3 Å². The van der Waals surface area contributed by atoms with E-state index in [4.69, 9.17) is 16.3 Å². The average Bonchev–Trinajstić information content (AvgIpc) is 2.76. The third kappa shape index (κ3) is 3.03. The van der Waals surface area contributed by atoms with Crippen molar-refractivity contribution in [3.63, 3.8) is 0 Å². The van der Waals surface area contributed by atoms with Crippen molar-refractivity contribution in [3.8, 4) is 0 Å². The van der Waals surface area contributed by atoms with Crippen LogP contribution < -0.4 is 5.32 Å². The predicted octanol–water partition coefficient (Wildman–Crippen LogP) is 3.35. The first-order chi connectivity index (χ1) is 8.58. The van der Waals surface area contributed by atoms with Gasteiger partial charge in [-0.1, -0.05) is 18.2 Å². The molecule has 1 saturated heterocycles. The zero-order chi connectivity index (χ0) is 13.1. The SMILES string of the molecule is CC1CC(C(=O)Nc2ccccc2C(C)Cl)CO1. The standard InChI is InChI=1S/C14H18ClNO2/c1-9-7-11(8-18-9)14(17)16-13-6-4-3-5-12(13)10(2)15/h3-6,9-11H,7-8H2,1-2H3,(H,16,17). The van der Waals surface area contributed by atoms with Crippen LogP contribution in [-0.2, 0) is 9.53 Å². The number of hydrogen-bond acceptors (Lipinski definition) is 2. The molecule has 1 aromatic rings. The molecule has 0 aromatic heterocycles. The van der Waals surface area contributed by atoms with Gasteiger partial charge in [0.25, 0.3) is 0 Å². The molecule has 2 rings (SSSR count). The van der Waals surface area contributed by atoms with Crippen LogP contribution in [0.2, 0.25) is 0 Å². The van der Waals surface area contributed by atoms with E-state index in [2.05, 4.69) is 5.32 Å². The van der Waals surface area contributed by atoms with Crippen molar-refractivity contribution in [2.75, 3.05) is 11.9 Å². The molecule has 18 heavy (non-hydrogen) atoms. The highest BCUT2D eigenvalue weighted by Crippen LogP contribution is 2.28. The van der Waals surface area contributed by atoms with Crippen molar-refractivity contribution in [1.29, 1.82) is 0 Å². The fraction of sp³-hybridized carbons (Fsp3) is 0.500. The van der Waals surface area contributed by atoms with Gasteiger partial charge in [0.1, 0.15) is 0 Å². The Morgan fingerprint density at radius 3 is 2.83 bits per heavy atom. The second kappa shape index (κ2) is 5.72. The van der Waals surface area contributed by atoms with Gasteiger partial charge in [-0.05, 0) is 31.9 Å². The summed E-state index contributed by atoms with van der Waals surface area (Å²) in [7, 11) is 0. The molecule has 0 spiro atoms. The van der Waals surface area contributed by atoms with E-state index in [-0.39, 0.29) is 23.3 Å². The molecule has 1 aliphatic rings. The summed E-state index contributed by atoms with van der Waals surface area (Å²) in [6.07, 6.45) is 0.952. The van der Waals surface area contributed by atoms with Gasteiger partial charge in [0.05, 0.1) is 24.0 Å². The monoisotopic (exact) mass is 267 g/mol. The molecule has 1 fully saturated rings. The third-order valence-electron chi connectivity index (χ3n) is 3.22. The van der Waals surface area contributed by atoms with Gasteiger partial charge < -0.3 is 10.1 Å². The van der Waals surface area contributed by atoms with Crippen molar-refractivity contribution in [1.82, 2.24) is 0 Å². The summed E-state index contributed by atoms with van der Waals surface area (Å²) in [6, 6.07) is 7.63. The molecule has 0 radical (unpaired) electrons. The van der Waals surface area contributed by atoms with E-state index in [1.54, 1.807) is 0 Å². The highest BCUT2D eigenvalue weighted by atomic mass is 35.5. The maximum Gasteiger partial charge on any atom is 0.229 e. The summed E-state index contributed by atoms with van der Waals surface area (Å²) < 4.78 is 5.42. The maximum absolute atomic E-state index is 12.1. The zero-order valence-electron chi connectivity index (χ0n) is 10.7. The minimum Gasteiger partial charge on any atom is -0.378 e. The molecular weight excluding hydrogens is 250 g/mol. The first kappa shape index (κ1) is 13.4. The van der Waals surface area contributed by atoms with E-state index in [0.29, 0.717) is 6.61 Å². The van der Waals surface area contributed by atoms with Crippen LogP contribution in [0.4, 0.5) is 5.69 Å². The molecule has 1 amide bonds. The molecule has 98 valence electrons. The Balaban J connectivity index is 2.07. The quantitative estimate of drug-likeness (QED) is 0.853. The molecule has 1 heterocycles. The Kier molecular flexibility index (Phi) is 4.25. The van der Waals surface area contributed by atoms with Gasteiger partial charge in [-0.3, -0.25) is 4.79 Å². The molecule has 3 unspecified atom stereocenters. The van der Waals surface area contributed by atoms with E-state index in [1.807, 2.05) is 38.1 Å². The topological polar surface area (TPSA) is 38.3 Å². The molecule has 1 aliphatic heterocycles. The Bertz CT molecular complexity index is 434. The zero-order valence-corrected chi connectivity index (χ0v) is 11.4. The normalized spacial score (nSPS) is 24.8. The van der Waals surface area contributed by atoms with E-state index in [9.17, 15) is 4.79 Å². The number of carbonyl (C=O) groups excluding carboxylic acids is 1. The predicted molar refractivity (Wildman–Crippen MR) is 72.9 cm³/mol. The number of hydrogen-bond donors (Lipinski definition) is 1. The van der Waals surface area contributed by atoms with Crippen molar-refractivity contribution in [2.45, 2.75) is 31.7 Å². The molecule has 1 N–H and O–H groups in total. The highest BCUT2D eigenvalue weighted by Gasteiger charge is 2.28. The van der Waals surface area contributed by atoms with Gasteiger partial charge in [0.2, 0.25) is 5.91 Å². The number of amides is 1. The number of carbonyl (C=O) groups is 1. The second-order valence-corrected chi connectivity index (χ2v) is 5.42. The molecular formula is C14H18ClNO2.